The highest BCUT2D eigenvalue weighted by Crippen LogP contribution is 2.59. The van der Waals surface area contributed by atoms with Gasteiger partial charge in [0.05, 0.1) is 6.61 Å². The first-order chi connectivity index (χ1) is 11.1. The molecule has 1 amide bonds. The van der Waals surface area contributed by atoms with Gasteiger partial charge in [-0.15, -0.1) is 0 Å². The highest BCUT2D eigenvalue weighted by molar-refractivity contribution is 6.30. The average Bonchev–Trinajstić information content (AvgIpc) is 3.22. The van der Waals surface area contributed by atoms with Crippen molar-refractivity contribution in [2.24, 2.45) is 23.7 Å². The highest BCUT2D eigenvalue weighted by atomic mass is 35.5. The Hall–Kier alpha value is -1.06. The topological polar surface area (TPSA) is 29.5 Å². The minimum atomic E-state index is -0.563. The average molecular weight is 332 g/mol. The molecule has 0 unspecified atom stereocenters. The van der Waals surface area contributed by atoms with Gasteiger partial charge in [0.15, 0.2) is 5.72 Å². The van der Waals surface area contributed by atoms with E-state index in [0.717, 1.165) is 29.5 Å². The van der Waals surface area contributed by atoms with Crippen LogP contribution in [0.3, 0.4) is 0 Å². The molecule has 4 heteroatoms. The van der Waals surface area contributed by atoms with Gasteiger partial charge < -0.3 is 9.64 Å². The monoisotopic (exact) mass is 331 g/mol. The van der Waals surface area contributed by atoms with Gasteiger partial charge in [-0.25, -0.2) is 0 Å². The maximum absolute atomic E-state index is 13.0. The van der Waals surface area contributed by atoms with E-state index in [1.807, 2.05) is 31.2 Å². The molecule has 122 valence electrons. The van der Waals surface area contributed by atoms with Gasteiger partial charge in [0, 0.05) is 34.9 Å². The molecular formula is C19H22ClNO2. The Balaban J connectivity index is 1.62. The normalized spacial score (nSPS) is 44.5. The SMILES string of the molecule is C[C@@H]1C[C@@]2(c3ccc(Cl)cc3)OC[C@@H]3[C@H]4CC[C@H](C4)[C@H]3N2C1=O. The summed E-state index contributed by atoms with van der Waals surface area (Å²) in [7, 11) is 0. The number of carbonyl (C=O) groups excluding carboxylic acids is 1. The standard InChI is InChI=1S/C19H22ClNO2/c1-11-9-19(14-4-6-15(20)7-5-14)21(18(11)22)17-13-3-2-12(8-13)16(17)10-23-19/h4-7,11-13,16-17H,2-3,8-10H2,1H3/t11-,12+,13-,16-,17-,19+/m1/s1. The molecule has 1 aromatic rings. The van der Waals surface area contributed by atoms with E-state index in [9.17, 15) is 4.79 Å². The van der Waals surface area contributed by atoms with Crippen molar-refractivity contribution >= 4 is 17.5 Å². The Bertz CT molecular complexity index is 660. The van der Waals surface area contributed by atoms with Gasteiger partial charge in [0.25, 0.3) is 0 Å². The Labute approximate surface area is 141 Å². The first kappa shape index (κ1) is 14.3. The molecule has 0 radical (unpaired) electrons. The third-order valence-electron chi connectivity index (χ3n) is 6.78. The fraction of sp³-hybridized carbons (Fsp3) is 0.632. The third-order valence-corrected chi connectivity index (χ3v) is 7.03. The first-order valence-electron chi connectivity index (χ1n) is 8.83. The molecule has 0 aromatic heterocycles. The van der Waals surface area contributed by atoms with Crippen LogP contribution in [0, 0.1) is 23.7 Å². The van der Waals surface area contributed by atoms with Crippen LogP contribution in [-0.4, -0.2) is 23.5 Å². The van der Waals surface area contributed by atoms with Gasteiger partial charge in [-0.2, -0.15) is 0 Å². The van der Waals surface area contributed by atoms with E-state index in [1.165, 1.54) is 19.3 Å². The second-order valence-corrected chi connectivity index (χ2v) is 8.34. The van der Waals surface area contributed by atoms with Crippen molar-refractivity contribution in [1.29, 1.82) is 0 Å². The summed E-state index contributed by atoms with van der Waals surface area (Å²) in [5.74, 6) is 2.29. The molecule has 2 saturated heterocycles. The fourth-order valence-electron chi connectivity index (χ4n) is 5.83. The largest absolute Gasteiger partial charge is 0.351 e. The molecule has 0 spiro atoms. The molecule has 1 aromatic carbocycles. The molecule has 23 heavy (non-hydrogen) atoms. The number of hydrogen-bond acceptors (Lipinski definition) is 2. The first-order valence-corrected chi connectivity index (χ1v) is 9.21. The van der Waals surface area contributed by atoms with Crippen LogP contribution in [0.1, 0.15) is 38.2 Å². The molecule has 6 atom stereocenters. The van der Waals surface area contributed by atoms with Crippen LogP contribution in [-0.2, 0) is 15.3 Å². The Morgan fingerprint density at radius 3 is 2.74 bits per heavy atom. The third kappa shape index (κ3) is 1.78. The van der Waals surface area contributed by atoms with Gasteiger partial charge in [0.2, 0.25) is 5.91 Å². The van der Waals surface area contributed by atoms with E-state index in [1.54, 1.807) is 0 Å². The Morgan fingerprint density at radius 2 is 1.96 bits per heavy atom. The van der Waals surface area contributed by atoms with Crippen LogP contribution in [0.15, 0.2) is 24.3 Å². The van der Waals surface area contributed by atoms with Crippen LogP contribution in [0.2, 0.25) is 5.02 Å². The van der Waals surface area contributed by atoms with E-state index < -0.39 is 5.72 Å². The molecule has 4 fully saturated rings. The number of amides is 1. The number of fused-ring (bicyclic) bond motifs is 7. The van der Waals surface area contributed by atoms with Crippen molar-refractivity contribution in [2.45, 2.75) is 44.4 Å². The lowest BCUT2D eigenvalue weighted by Crippen LogP contribution is -2.60. The highest BCUT2D eigenvalue weighted by Gasteiger charge is 2.63. The number of ether oxygens (including phenoxy) is 1. The number of carbonyl (C=O) groups is 1. The summed E-state index contributed by atoms with van der Waals surface area (Å²) in [6.45, 7) is 2.84. The Kier molecular flexibility index (Phi) is 2.94. The molecule has 5 rings (SSSR count). The van der Waals surface area contributed by atoms with E-state index >= 15 is 0 Å². The zero-order chi connectivity index (χ0) is 15.8. The molecule has 2 aliphatic heterocycles. The predicted octanol–water partition coefficient (Wildman–Crippen LogP) is 3.81. The Morgan fingerprint density at radius 1 is 1.22 bits per heavy atom. The quantitative estimate of drug-likeness (QED) is 0.783. The summed E-state index contributed by atoms with van der Waals surface area (Å²) in [6.07, 6.45) is 4.64. The van der Waals surface area contributed by atoms with E-state index in [2.05, 4.69) is 4.90 Å². The van der Waals surface area contributed by atoms with Gasteiger partial charge >= 0.3 is 0 Å². The van der Waals surface area contributed by atoms with Crippen molar-refractivity contribution in [2.75, 3.05) is 6.61 Å². The van der Waals surface area contributed by atoms with Crippen molar-refractivity contribution in [1.82, 2.24) is 4.90 Å². The summed E-state index contributed by atoms with van der Waals surface area (Å²) in [6, 6.07) is 8.28. The zero-order valence-corrected chi connectivity index (χ0v) is 14.1. The van der Waals surface area contributed by atoms with Gasteiger partial charge in [-0.3, -0.25) is 4.79 Å². The molecule has 4 aliphatic rings. The van der Waals surface area contributed by atoms with Crippen LogP contribution in [0.25, 0.3) is 0 Å². The van der Waals surface area contributed by atoms with Gasteiger partial charge in [-0.05, 0) is 43.2 Å². The van der Waals surface area contributed by atoms with Crippen LogP contribution in [0.5, 0.6) is 0 Å². The molecule has 3 nitrogen and oxygen atoms in total. The molecule has 2 heterocycles. The van der Waals surface area contributed by atoms with E-state index in [-0.39, 0.29) is 11.8 Å². The van der Waals surface area contributed by atoms with Gasteiger partial charge in [0.1, 0.15) is 0 Å². The molecule has 2 aliphatic carbocycles. The number of benzene rings is 1. The van der Waals surface area contributed by atoms with Crippen LogP contribution < -0.4 is 0 Å². The number of halogens is 1. The maximum atomic E-state index is 13.0. The molecule has 0 N–H and O–H groups in total. The van der Waals surface area contributed by atoms with Crippen molar-refractivity contribution in [3.8, 4) is 0 Å². The number of nitrogens with zero attached hydrogens (tertiary/aromatic N) is 1. The van der Waals surface area contributed by atoms with Crippen molar-refractivity contribution < 1.29 is 9.53 Å². The van der Waals surface area contributed by atoms with Crippen molar-refractivity contribution in [3.05, 3.63) is 34.9 Å². The minimum Gasteiger partial charge on any atom is -0.351 e. The summed E-state index contributed by atoms with van der Waals surface area (Å²) >= 11 is 6.07. The van der Waals surface area contributed by atoms with Crippen molar-refractivity contribution in [3.63, 3.8) is 0 Å². The lowest BCUT2D eigenvalue weighted by Gasteiger charge is -2.52. The molecular weight excluding hydrogens is 310 g/mol. The molecule has 2 saturated carbocycles. The lowest BCUT2D eigenvalue weighted by atomic mass is 9.81. The summed E-state index contributed by atoms with van der Waals surface area (Å²) in [5.41, 5.74) is 0.521. The smallest absolute Gasteiger partial charge is 0.228 e. The van der Waals surface area contributed by atoms with Crippen LogP contribution >= 0.6 is 11.6 Å². The van der Waals surface area contributed by atoms with Gasteiger partial charge in [-0.1, -0.05) is 30.7 Å². The maximum Gasteiger partial charge on any atom is 0.228 e. The van der Waals surface area contributed by atoms with E-state index in [0.29, 0.717) is 17.9 Å². The molecule has 2 bridgehead atoms. The second kappa shape index (κ2) is 4.73. The number of rotatable bonds is 1. The zero-order valence-electron chi connectivity index (χ0n) is 13.4. The summed E-state index contributed by atoms with van der Waals surface area (Å²) in [5, 5.41) is 0.725. The lowest BCUT2D eigenvalue weighted by molar-refractivity contribution is -0.223. The van der Waals surface area contributed by atoms with Crippen LogP contribution in [0.4, 0.5) is 0 Å². The minimum absolute atomic E-state index is 0.0311. The van der Waals surface area contributed by atoms with E-state index in [4.69, 9.17) is 16.3 Å². The summed E-state index contributed by atoms with van der Waals surface area (Å²) < 4.78 is 6.48. The fourth-order valence-corrected chi connectivity index (χ4v) is 5.96. The predicted molar refractivity (Wildman–Crippen MR) is 87.8 cm³/mol. The number of hydrogen-bond donors (Lipinski definition) is 0. The second-order valence-electron chi connectivity index (χ2n) is 7.90. The summed E-state index contributed by atoms with van der Waals surface area (Å²) in [4.78, 5) is 15.2.